The molecule has 1 unspecified atom stereocenters. The van der Waals surface area contributed by atoms with Crippen LogP contribution in [0.25, 0.3) is 0 Å². The van der Waals surface area contributed by atoms with E-state index in [1.54, 1.807) is 12.4 Å². The zero-order valence-corrected chi connectivity index (χ0v) is 8.50. The third kappa shape index (κ3) is 1.62. The molecule has 1 aromatic heterocycles. The fourth-order valence-corrected chi connectivity index (χ4v) is 2.12. The van der Waals surface area contributed by atoms with Crippen LogP contribution in [0.4, 0.5) is 0 Å². The summed E-state index contributed by atoms with van der Waals surface area (Å²) in [7, 11) is 0. The van der Waals surface area contributed by atoms with Gasteiger partial charge in [-0.05, 0) is 12.8 Å². The molecule has 0 bridgehead atoms. The van der Waals surface area contributed by atoms with Gasteiger partial charge in [0.15, 0.2) is 0 Å². The Labute approximate surface area is 87.2 Å². The highest BCUT2D eigenvalue weighted by atomic mass is 35.5. The summed E-state index contributed by atoms with van der Waals surface area (Å²) in [4.78, 5) is 13.7. The van der Waals surface area contributed by atoms with Gasteiger partial charge in [-0.3, -0.25) is 9.89 Å². The van der Waals surface area contributed by atoms with Crippen molar-refractivity contribution in [3.63, 3.8) is 0 Å². The molecule has 5 heteroatoms. The van der Waals surface area contributed by atoms with E-state index in [9.17, 15) is 4.79 Å². The molecule has 1 aromatic rings. The lowest BCUT2D eigenvalue weighted by Crippen LogP contribution is -2.36. The maximum absolute atomic E-state index is 11.9. The van der Waals surface area contributed by atoms with Gasteiger partial charge in [0.25, 0.3) is 5.91 Å². The van der Waals surface area contributed by atoms with Crippen LogP contribution < -0.4 is 0 Å². The summed E-state index contributed by atoms with van der Waals surface area (Å²) in [5.74, 6) is 0.547. The molecule has 1 aliphatic heterocycles. The van der Waals surface area contributed by atoms with E-state index in [4.69, 9.17) is 11.6 Å². The van der Waals surface area contributed by atoms with Gasteiger partial charge in [-0.25, -0.2) is 0 Å². The zero-order chi connectivity index (χ0) is 9.97. The molecule has 1 amide bonds. The molecule has 1 fully saturated rings. The third-order valence-corrected chi connectivity index (χ3v) is 2.92. The van der Waals surface area contributed by atoms with Crippen molar-refractivity contribution < 1.29 is 4.79 Å². The number of aromatic amines is 1. The van der Waals surface area contributed by atoms with Crippen molar-refractivity contribution >= 4 is 17.5 Å². The Morgan fingerprint density at radius 3 is 3.29 bits per heavy atom. The number of carbonyl (C=O) groups excluding carboxylic acids is 1. The highest BCUT2D eigenvalue weighted by molar-refractivity contribution is 6.18. The van der Waals surface area contributed by atoms with Crippen molar-refractivity contribution in [3.8, 4) is 0 Å². The molecule has 1 saturated heterocycles. The number of H-pyrrole nitrogens is 1. The van der Waals surface area contributed by atoms with Gasteiger partial charge >= 0.3 is 0 Å². The second kappa shape index (κ2) is 4.00. The highest BCUT2D eigenvalue weighted by Crippen LogP contribution is 2.20. The molecular formula is C9H12ClN3O. The Hall–Kier alpha value is -1.03. The first-order valence-corrected chi connectivity index (χ1v) is 5.22. The second-order valence-corrected chi connectivity index (χ2v) is 3.74. The Balaban J connectivity index is 2.11. The smallest absolute Gasteiger partial charge is 0.257 e. The van der Waals surface area contributed by atoms with Crippen LogP contribution in [0.15, 0.2) is 12.4 Å². The maximum atomic E-state index is 11.9. The molecule has 2 heterocycles. The van der Waals surface area contributed by atoms with Crippen LogP contribution in [0, 0.1) is 0 Å². The predicted octanol–water partition coefficient (Wildman–Crippen LogP) is 1.25. The number of carbonyl (C=O) groups is 1. The van der Waals surface area contributed by atoms with E-state index in [1.165, 1.54) is 0 Å². The van der Waals surface area contributed by atoms with E-state index >= 15 is 0 Å². The first-order valence-electron chi connectivity index (χ1n) is 4.68. The lowest BCUT2D eigenvalue weighted by atomic mass is 10.2. The van der Waals surface area contributed by atoms with Crippen LogP contribution in [-0.4, -0.2) is 39.5 Å². The number of nitrogens with one attached hydrogen (secondary N) is 1. The summed E-state index contributed by atoms with van der Waals surface area (Å²) in [6.45, 7) is 0.807. The van der Waals surface area contributed by atoms with Gasteiger partial charge in [-0.15, -0.1) is 11.6 Å². The lowest BCUT2D eigenvalue weighted by molar-refractivity contribution is 0.0749. The average molecular weight is 214 g/mol. The second-order valence-electron chi connectivity index (χ2n) is 3.44. The van der Waals surface area contributed by atoms with Crippen LogP contribution in [0.1, 0.15) is 23.2 Å². The van der Waals surface area contributed by atoms with Gasteiger partial charge in [-0.2, -0.15) is 5.10 Å². The van der Waals surface area contributed by atoms with Crippen LogP contribution in [0.2, 0.25) is 0 Å². The van der Waals surface area contributed by atoms with Crippen LogP contribution >= 0.6 is 11.6 Å². The van der Waals surface area contributed by atoms with Crippen LogP contribution in [0.5, 0.6) is 0 Å². The summed E-state index contributed by atoms with van der Waals surface area (Å²) >= 11 is 5.79. The standard InChI is InChI=1S/C9H12ClN3O/c10-4-8-2-1-3-13(8)9(14)7-5-11-12-6-7/h5-6,8H,1-4H2,(H,11,12). The molecule has 4 nitrogen and oxygen atoms in total. The lowest BCUT2D eigenvalue weighted by Gasteiger charge is -2.21. The molecule has 0 aliphatic carbocycles. The molecule has 1 aliphatic rings. The minimum Gasteiger partial charge on any atom is -0.334 e. The van der Waals surface area contributed by atoms with Crippen LogP contribution in [0.3, 0.4) is 0 Å². The first-order chi connectivity index (χ1) is 6.83. The molecule has 2 rings (SSSR count). The van der Waals surface area contributed by atoms with Gasteiger partial charge < -0.3 is 4.90 Å². The number of hydrogen-bond donors (Lipinski definition) is 1. The van der Waals surface area contributed by atoms with Gasteiger partial charge in [0.1, 0.15) is 0 Å². The van der Waals surface area contributed by atoms with E-state index in [0.29, 0.717) is 11.4 Å². The number of nitrogens with zero attached hydrogens (tertiary/aromatic N) is 2. The Morgan fingerprint density at radius 1 is 1.79 bits per heavy atom. The Morgan fingerprint density at radius 2 is 2.64 bits per heavy atom. The molecular weight excluding hydrogens is 202 g/mol. The molecule has 1 N–H and O–H groups in total. The quantitative estimate of drug-likeness (QED) is 0.752. The number of rotatable bonds is 2. The third-order valence-electron chi connectivity index (χ3n) is 2.56. The zero-order valence-electron chi connectivity index (χ0n) is 7.74. The van der Waals surface area contributed by atoms with E-state index in [2.05, 4.69) is 10.2 Å². The fourth-order valence-electron chi connectivity index (χ4n) is 1.80. The van der Waals surface area contributed by atoms with Crippen molar-refractivity contribution in [2.75, 3.05) is 12.4 Å². The minimum absolute atomic E-state index is 0.0295. The molecule has 76 valence electrons. The largest absolute Gasteiger partial charge is 0.334 e. The summed E-state index contributed by atoms with van der Waals surface area (Å²) in [6.07, 6.45) is 5.21. The van der Waals surface area contributed by atoms with E-state index in [0.717, 1.165) is 19.4 Å². The predicted molar refractivity (Wildman–Crippen MR) is 53.4 cm³/mol. The van der Waals surface area contributed by atoms with Crippen LogP contribution in [-0.2, 0) is 0 Å². The number of alkyl halides is 1. The van der Waals surface area contributed by atoms with E-state index in [-0.39, 0.29) is 11.9 Å². The summed E-state index contributed by atoms with van der Waals surface area (Å²) in [5.41, 5.74) is 0.613. The fraction of sp³-hybridized carbons (Fsp3) is 0.556. The molecule has 0 radical (unpaired) electrons. The number of hydrogen-bond acceptors (Lipinski definition) is 2. The van der Waals surface area contributed by atoms with E-state index in [1.807, 2.05) is 4.90 Å². The van der Waals surface area contributed by atoms with Crippen molar-refractivity contribution in [2.45, 2.75) is 18.9 Å². The van der Waals surface area contributed by atoms with Crippen molar-refractivity contribution in [3.05, 3.63) is 18.0 Å². The summed E-state index contributed by atoms with van der Waals surface area (Å²) in [6, 6.07) is 0.194. The van der Waals surface area contributed by atoms with Gasteiger partial charge in [0.2, 0.25) is 0 Å². The summed E-state index contributed by atoms with van der Waals surface area (Å²) in [5, 5.41) is 6.40. The summed E-state index contributed by atoms with van der Waals surface area (Å²) < 4.78 is 0. The van der Waals surface area contributed by atoms with Crippen molar-refractivity contribution in [1.82, 2.24) is 15.1 Å². The van der Waals surface area contributed by atoms with Crippen molar-refractivity contribution in [1.29, 1.82) is 0 Å². The maximum Gasteiger partial charge on any atom is 0.257 e. The molecule has 0 saturated carbocycles. The first kappa shape index (κ1) is 9.52. The Kier molecular flexibility index (Phi) is 2.72. The SMILES string of the molecule is O=C(c1cn[nH]c1)N1CCCC1CCl. The molecule has 14 heavy (non-hydrogen) atoms. The van der Waals surface area contributed by atoms with Gasteiger partial charge in [0, 0.05) is 24.7 Å². The number of likely N-dealkylation sites (tertiary alicyclic amines) is 1. The van der Waals surface area contributed by atoms with E-state index < -0.39 is 0 Å². The molecule has 0 aromatic carbocycles. The topological polar surface area (TPSA) is 49.0 Å². The monoisotopic (exact) mass is 213 g/mol. The average Bonchev–Trinajstić information content (AvgIpc) is 2.87. The molecule has 1 atom stereocenters. The minimum atomic E-state index is 0.0295. The van der Waals surface area contributed by atoms with Crippen molar-refractivity contribution in [2.24, 2.45) is 0 Å². The van der Waals surface area contributed by atoms with Gasteiger partial charge in [-0.1, -0.05) is 0 Å². The Bertz CT molecular complexity index is 312. The van der Waals surface area contributed by atoms with Gasteiger partial charge in [0.05, 0.1) is 11.8 Å². The number of amides is 1. The highest BCUT2D eigenvalue weighted by Gasteiger charge is 2.28. The number of aromatic nitrogens is 2. The molecule has 0 spiro atoms. The normalized spacial score (nSPS) is 21.5. The number of halogens is 1.